The molecule has 3 nitrogen and oxygen atoms in total. The number of halogens is 3. The van der Waals surface area contributed by atoms with Gasteiger partial charge in [0.05, 0.1) is 0 Å². The van der Waals surface area contributed by atoms with Gasteiger partial charge in [0.25, 0.3) is 0 Å². The zero-order valence-corrected chi connectivity index (χ0v) is 7.47. The molecule has 1 atom stereocenters. The number of alkyl halides is 3. The number of nitrogen functional groups attached to an aromatic ring is 1. The SMILES string of the molecule is Cc1cc(N)ncc1[C@H](N)C(F)(F)F. The van der Waals surface area contributed by atoms with Gasteiger partial charge in [-0.2, -0.15) is 13.2 Å². The predicted molar refractivity (Wildman–Crippen MR) is 46.4 cm³/mol. The maximum Gasteiger partial charge on any atom is 0.407 e. The highest BCUT2D eigenvalue weighted by molar-refractivity contribution is 5.37. The molecule has 14 heavy (non-hydrogen) atoms. The van der Waals surface area contributed by atoms with Gasteiger partial charge < -0.3 is 11.5 Å². The summed E-state index contributed by atoms with van der Waals surface area (Å²) >= 11 is 0. The number of nitrogens with two attached hydrogens (primary N) is 2. The lowest BCUT2D eigenvalue weighted by atomic mass is 10.0. The Morgan fingerprint density at radius 1 is 1.43 bits per heavy atom. The number of nitrogens with zero attached hydrogens (tertiary/aromatic N) is 1. The van der Waals surface area contributed by atoms with Crippen molar-refractivity contribution in [2.45, 2.75) is 19.1 Å². The topological polar surface area (TPSA) is 64.9 Å². The predicted octanol–water partition coefficient (Wildman–Crippen LogP) is 1.53. The van der Waals surface area contributed by atoms with Gasteiger partial charge in [-0.1, -0.05) is 0 Å². The highest BCUT2D eigenvalue weighted by Crippen LogP contribution is 2.31. The van der Waals surface area contributed by atoms with Crippen molar-refractivity contribution in [1.29, 1.82) is 0 Å². The number of aryl methyl sites for hydroxylation is 1. The monoisotopic (exact) mass is 205 g/mol. The van der Waals surface area contributed by atoms with E-state index in [1.807, 2.05) is 0 Å². The summed E-state index contributed by atoms with van der Waals surface area (Å²) in [7, 11) is 0. The van der Waals surface area contributed by atoms with Crippen molar-refractivity contribution >= 4 is 5.82 Å². The van der Waals surface area contributed by atoms with E-state index >= 15 is 0 Å². The largest absolute Gasteiger partial charge is 0.407 e. The summed E-state index contributed by atoms with van der Waals surface area (Å²) in [5, 5.41) is 0. The molecule has 78 valence electrons. The minimum absolute atomic E-state index is 0.0494. The van der Waals surface area contributed by atoms with Gasteiger partial charge in [0, 0.05) is 6.20 Å². The minimum atomic E-state index is -4.46. The molecule has 1 aromatic rings. The van der Waals surface area contributed by atoms with Crippen molar-refractivity contribution in [2.24, 2.45) is 5.73 Å². The fourth-order valence-electron chi connectivity index (χ4n) is 1.09. The molecular formula is C8H10F3N3. The lowest BCUT2D eigenvalue weighted by molar-refractivity contribution is -0.149. The van der Waals surface area contributed by atoms with Crippen LogP contribution in [0.15, 0.2) is 12.3 Å². The van der Waals surface area contributed by atoms with Crippen LogP contribution in [0.5, 0.6) is 0 Å². The Labute approximate surface area is 78.9 Å². The zero-order chi connectivity index (χ0) is 10.9. The first kappa shape index (κ1) is 10.8. The standard InChI is InChI=1S/C8H10F3N3/c1-4-2-6(12)14-3-5(4)7(13)8(9,10)11/h2-3,7H,13H2,1H3,(H2,12,14)/t7-/m0/s1. The lowest BCUT2D eigenvalue weighted by Gasteiger charge is -2.17. The molecule has 0 unspecified atom stereocenters. The number of rotatable bonds is 1. The number of aromatic nitrogens is 1. The van der Waals surface area contributed by atoms with E-state index in [4.69, 9.17) is 11.5 Å². The molecule has 0 saturated heterocycles. The average molecular weight is 205 g/mol. The second kappa shape index (κ2) is 3.45. The van der Waals surface area contributed by atoms with Crippen molar-refractivity contribution in [2.75, 3.05) is 5.73 Å². The molecule has 1 rings (SSSR count). The molecule has 1 aromatic heterocycles. The van der Waals surface area contributed by atoms with Crippen molar-refractivity contribution in [3.63, 3.8) is 0 Å². The smallest absolute Gasteiger partial charge is 0.384 e. The third-order valence-corrected chi connectivity index (χ3v) is 1.86. The van der Waals surface area contributed by atoms with Crippen LogP contribution in [0, 0.1) is 6.92 Å². The fourth-order valence-corrected chi connectivity index (χ4v) is 1.09. The second-order valence-corrected chi connectivity index (χ2v) is 2.99. The number of hydrogen-bond donors (Lipinski definition) is 2. The minimum Gasteiger partial charge on any atom is -0.384 e. The molecule has 4 N–H and O–H groups in total. The Morgan fingerprint density at radius 3 is 2.43 bits per heavy atom. The van der Waals surface area contributed by atoms with Crippen LogP contribution in [-0.2, 0) is 0 Å². The first-order valence-electron chi connectivity index (χ1n) is 3.86. The number of anilines is 1. The maximum absolute atomic E-state index is 12.2. The molecule has 0 aromatic carbocycles. The first-order chi connectivity index (χ1) is 6.32. The molecule has 0 aliphatic heterocycles. The van der Waals surface area contributed by atoms with Gasteiger partial charge in [-0.05, 0) is 24.1 Å². The molecule has 0 bridgehead atoms. The molecule has 0 saturated carbocycles. The second-order valence-electron chi connectivity index (χ2n) is 2.99. The number of hydrogen-bond acceptors (Lipinski definition) is 3. The summed E-state index contributed by atoms with van der Waals surface area (Å²) in [5.74, 6) is 0.181. The van der Waals surface area contributed by atoms with E-state index < -0.39 is 12.2 Å². The van der Waals surface area contributed by atoms with Gasteiger partial charge >= 0.3 is 6.18 Å². The van der Waals surface area contributed by atoms with E-state index in [-0.39, 0.29) is 11.4 Å². The first-order valence-corrected chi connectivity index (χ1v) is 3.86. The lowest BCUT2D eigenvalue weighted by Crippen LogP contribution is -2.29. The summed E-state index contributed by atoms with van der Waals surface area (Å²) in [6.07, 6.45) is -3.40. The van der Waals surface area contributed by atoms with E-state index in [1.165, 1.54) is 13.0 Å². The summed E-state index contributed by atoms with van der Waals surface area (Å²) in [4.78, 5) is 3.57. The highest BCUT2D eigenvalue weighted by Gasteiger charge is 2.38. The van der Waals surface area contributed by atoms with E-state index in [0.29, 0.717) is 5.56 Å². The summed E-state index contributed by atoms with van der Waals surface area (Å²) in [6.45, 7) is 1.51. The van der Waals surface area contributed by atoms with Crippen LogP contribution in [0.3, 0.4) is 0 Å². The summed E-state index contributed by atoms with van der Waals surface area (Å²) < 4.78 is 36.7. The van der Waals surface area contributed by atoms with Crippen LogP contribution in [-0.4, -0.2) is 11.2 Å². The Balaban J connectivity index is 3.08. The molecule has 1 heterocycles. The van der Waals surface area contributed by atoms with Gasteiger partial charge in [-0.3, -0.25) is 0 Å². The van der Waals surface area contributed by atoms with Gasteiger partial charge in [0.15, 0.2) is 0 Å². The van der Waals surface area contributed by atoms with E-state index in [2.05, 4.69) is 4.98 Å². The van der Waals surface area contributed by atoms with Crippen molar-refractivity contribution in [3.05, 3.63) is 23.4 Å². The van der Waals surface area contributed by atoms with Crippen LogP contribution in [0.1, 0.15) is 17.2 Å². The Hall–Kier alpha value is -1.30. The third kappa shape index (κ3) is 2.14. The average Bonchev–Trinajstić information content (AvgIpc) is 2.01. The third-order valence-electron chi connectivity index (χ3n) is 1.86. The molecular weight excluding hydrogens is 195 g/mol. The molecule has 0 radical (unpaired) electrons. The highest BCUT2D eigenvalue weighted by atomic mass is 19.4. The molecule has 0 spiro atoms. The van der Waals surface area contributed by atoms with Crippen LogP contribution in [0.25, 0.3) is 0 Å². The van der Waals surface area contributed by atoms with Crippen molar-refractivity contribution in [3.8, 4) is 0 Å². The van der Waals surface area contributed by atoms with Gasteiger partial charge in [0.1, 0.15) is 11.9 Å². The van der Waals surface area contributed by atoms with E-state index in [0.717, 1.165) is 6.20 Å². The molecule has 0 aliphatic rings. The Kier molecular flexibility index (Phi) is 2.66. The van der Waals surface area contributed by atoms with Crippen LogP contribution >= 0.6 is 0 Å². The summed E-state index contributed by atoms with van der Waals surface area (Å²) in [6, 6.07) is -0.642. The van der Waals surface area contributed by atoms with E-state index in [1.54, 1.807) is 0 Å². The number of pyridine rings is 1. The Morgan fingerprint density at radius 2 is 2.00 bits per heavy atom. The van der Waals surface area contributed by atoms with E-state index in [9.17, 15) is 13.2 Å². The van der Waals surface area contributed by atoms with Crippen LogP contribution in [0.2, 0.25) is 0 Å². The normalized spacial score (nSPS) is 14.1. The maximum atomic E-state index is 12.2. The van der Waals surface area contributed by atoms with Gasteiger partial charge in [-0.15, -0.1) is 0 Å². The van der Waals surface area contributed by atoms with Gasteiger partial charge in [-0.25, -0.2) is 4.98 Å². The van der Waals surface area contributed by atoms with Crippen LogP contribution in [0.4, 0.5) is 19.0 Å². The van der Waals surface area contributed by atoms with Gasteiger partial charge in [0.2, 0.25) is 0 Å². The molecule has 0 aliphatic carbocycles. The zero-order valence-electron chi connectivity index (χ0n) is 7.47. The molecule has 0 amide bonds. The fraction of sp³-hybridized carbons (Fsp3) is 0.375. The summed E-state index contributed by atoms with van der Waals surface area (Å²) in [5.41, 5.74) is 10.7. The molecule has 0 fully saturated rings. The molecule has 6 heteroatoms. The Bertz CT molecular complexity index is 335. The van der Waals surface area contributed by atoms with Crippen molar-refractivity contribution < 1.29 is 13.2 Å². The van der Waals surface area contributed by atoms with Crippen molar-refractivity contribution in [1.82, 2.24) is 4.98 Å². The van der Waals surface area contributed by atoms with Crippen LogP contribution < -0.4 is 11.5 Å². The quantitative estimate of drug-likeness (QED) is 0.730.